The molecule has 0 saturated carbocycles. The zero-order chi connectivity index (χ0) is 21.6. The van der Waals surface area contributed by atoms with Gasteiger partial charge in [-0.2, -0.15) is 0 Å². The largest absolute Gasteiger partial charge is 0.481 e. The molecule has 1 amide bonds. The molecule has 10 nitrogen and oxygen atoms in total. The molecular formula is C16H20N4O6S3. The lowest BCUT2D eigenvalue weighted by Crippen LogP contribution is -2.30. The molecule has 0 unspecified atom stereocenters. The number of rotatable bonds is 9. The molecule has 13 heteroatoms. The summed E-state index contributed by atoms with van der Waals surface area (Å²) in [4.78, 5) is 23.4. The van der Waals surface area contributed by atoms with Crippen LogP contribution in [-0.2, 0) is 24.3 Å². The maximum Gasteiger partial charge on any atom is 0.316 e. The minimum Gasteiger partial charge on any atom is -0.481 e. The Labute approximate surface area is 176 Å². The Morgan fingerprint density at radius 2 is 1.93 bits per heavy atom. The number of thioether (sulfide) groups is 1. The molecular weight excluding hydrogens is 440 g/mol. The first-order valence-electron chi connectivity index (χ1n) is 8.14. The summed E-state index contributed by atoms with van der Waals surface area (Å²) < 4.78 is 34.9. The number of anilines is 2. The average molecular weight is 461 g/mol. The van der Waals surface area contributed by atoms with Crippen molar-refractivity contribution < 1.29 is 27.5 Å². The van der Waals surface area contributed by atoms with E-state index in [4.69, 9.17) is 4.74 Å². The molecule has 1 aromatic carbocycles. The normalized spacial score (nSPS) is 12.1. The van der Waals surface area contributed by atoms with E-state index in [0.29, 0.717) is 15.8 Å². The number of carbonyl (C=O) groups is 2. The van der Waals surface area contributed by atoms with Crippen LogP contribution in [0.1, 0.15) is 6.92 Å². The number of ether oxygens (including phenoxy) is 2. The van der Waals surface area contributed by atoms with Crippen LogP contribution in [0.15, 0.2) is 28.6 Å². The quantitative estimate of drug-likeness (QED) is 0.337. The predicted octanol–water partition coefficient (Wildman–Crippen LogP) is 1.60. The lowest BCUT2D eigenvalue weighted by molar-refractivity contribution is -0.137. The van der Waals surface area contributed by atoms with Crippen LogP contribution in [0.25, 0.3) is 0 Å². The zero-order valence-corrected chi connectivity index (χ0v) is 18.6. The molecule has 1 N–H and O–H groups in total. The highest BCUT2D eigenvalue weighted by atomic mass is 32.2. The predicted molar refractivity (Wildman–Crippen MR) is 111 cm³/mol. The van der Waals surface area contributed by atoms with Crippen LogP contribution in [0.4, 0.5) is 10.8 Å². The van der Waals surface area contributed by atoms with Crippen molar-refractivity contribution in [3.63, 3.8) is 0 Å². The highest BCUT2D eigenvalue weighted by Crippen LogP contribution is 2.26. The number of hydrogen-bond acceptors (Lipinski definition) is 10. The second kappa shape index (κ2) is 9.89. The molecule has 2 aromatic rings. The first-order valence-corrected chi connectivity index (χ1v) is 11.8. The molecule has 0 bridgehead atoms. The minimum atomic E-state index is -3.36. The smallest absolute Gasteiger partial charge is 0.316 e. The molecule has 1 heterocycles. The van der Waals surface area contributed by atoms with Crippen LogP contribution < -0.4 is 14.4 Å². The highest BCUT2D eigenvalue weighted by molar-refractivity contribution is 8.01. The van der Waals surface area contributed by atoms with Crippen LogP contribution in [0, 0.1) is 0 Å². The molecule has 158 valence electrons. The van der Waals surface area contributed by atoms with Gasteiger partial charge in [0, 0.05) is 7.05 Å². The number of esters is 1. The zero-order valence-electron chi connectivity index (χ0n) is 16.1. The Bertz CT molecular complexity index is 961. The monoisotopic (exact) mass is 460 g/mol. The summed E-state index contributed by atoms with van der Waals surface area (Å²) in [6, 6.07) is 6.31. The number of sulfonamides is 1. The fourth-order valence-corrected chi connectivity index (χ4v) is 3.98. The van der Waals surface area contributed by atoms with E-state index in [1.807, 2.05) is 0 Å². The van der Waals surface area contributed by atoms with Gasteiger partial charge in [-0.25, -0.2) is 8.42 Å². The van der Waals surface area contributed by atoms with Crippen LogP contribution in [0.3, 0.4) is 0 Å². The van der Waals surface area contributed by atoms with Crippen molar-refractivity contribution in [1.82, 2.24) is 10.2 Å². The van der Waals surface area contributed by atoms with Gasteiger partial charge in [0.1, 0.15) is 5.75 Å². The van der Waals surface area contributed by atoms with E-state index in [1.165, 1.54) is 14.2 Å². The molecule has 1 atom stereocenters. The van der Waals surface area contributed by atoms with Gasteiger partial charge in [-0.3, -0.25) is 19.2 Å². The van der Waals surface area contributed by atoms with E-state index in [9.17, 15) is 18.0 Å². The number of nitrogens with one attached hydrogen (secondary N) is 1. The molecule has 0 saturated heterocycles. The van der Waals surface area contributed by atoms with Gasteiger partial charge < -0.3 is 9.47 Å². The van der Waals surface area contributed by atoms with Crippen molar-refractivity contribution in [3.05, 3.63) is 24.3 Å². The molecule has 0 aliphatic carbocycles. The molecule has 0 aliphatic rings. The van der Waals surface area contributed by atoms with Gasteiger partial charge in [0.25, 0.3) is 5.91 Å². The standard InChI is InChI=1S/C16H20N4O6S3/c1-10(26-12-7-5-11(6-8-12)20(2)29(4,23)24)14(22)17-15-18-19-16(28-15)27-9-13(21)25-3/h5-8,10H,9H2,1-4H3,(H,17,18,22)/t10-/m0/s1. The van der Waals surface area contributed by atoms with Crippen molar-refractivity contribution >= 4 is 55.8 Å². The number of benzene rings is 1. The number of aromatic nitrogens is 2. The second-order valence-corrected chi connectivity index (χ2v) is 9.93. The average Bonchev–Trinajstić information content (AvgIpc) is 3.12. The Balaban J connectivity index is 1.91. The van der Waals surface area contributed by atoms with Crippen molar-refractivity contribution in [3.8, 4) is 5.75 Å². The lowest BCUT2D eigenvalue weighted by atomic mass is 10.3. The summed E-state index contributed by atoms with van der Waals surface area (Å²) in [5, 5.41) is 10.6. The van der Waals surface area contributed by atoms with Crippen molar-refractivity contribution in [2.24, 2.45) is 0 Å². The van der Waals surface area contributed by atoms with E-state index in [1.54, 1.807) is 31.2 Å². The third-order valence-corrected chi connectivity index (χ3v) is 6.71. The van der Waals surface area contributed by atoms with Gasteiger partial charge in [-0.15, -0.1) is 10.2 Å². The fourth-order valence-electron chi connectivity index (χ4n) is 1.89. The van der Waals surface area contributed by atoms with Crippen molar-refractivity contribution in [2.45, 2.75) is 17.4 Å². The number of carbonyl (C=O) groups excluding carboxylic acids is 2. The summed E-state index contributed by atoms with van der Waals surface area (Å²) in [6.45, 7) is 1.57. The van der Waals surface area contributed by atoms with E-state index in [0.717, 1.165) is 33.7 Å². The maximum absolute atomic E-state index is 12.3. The number of methoxy groups -OCH3 is 1. The SMILES string of the molecule is COC(=O)CSc1nnc(NC(=O)[C@H](C)Oc2ccc(N(C)S(C)(=O)=O)cc2)s1. The molecule has 0 radical (unpaired) electrons. The van der Waals surface area contributed by atoms with E-state index in [2.05, 4.69) is 20.3 Å². The summed E-state index contributed by atoms with van der Waals surface area (Å²) in [6.07, 6.45) is 0.278. The first kappa shape index (κ1) is 22.9. The fraction of sp³-hybridized carbons (Fsp3) is 0.375. The second-order valence-electron chi connectivity index (χ2n) is 5.71. The van der Waals surface area contributed by atoms with E-state index in [-0.39, 0.29) is 16.9 Å². The van der Waals surface area contributed by atoms with Gasteiger partial charge in [-0.05, 0) is 31.2 Å². The molecule has 29 heavy (non-hydrogen) atoms. The van der Waals surface area contributed by atoms with Gasteiger partial charge >= 0.3 is 5.97 Å². The Hall–Kier alpha value is -2.38. The van der Waals surface area contributed by atoms with Gasteiger partial charge in [0.15, 0.2) is 10.4 Å². The summed E-state index contributed by atoms with van der Waals surface area (Å²) in [5.41, 5.74) is 0.475. The van der Waals surface area contributed by atoms with Gasteiger partial charge in [0.2, 0.25) is 15.2 Å². The molecule has 0 aliphatic heterocycles. The number of nitrogens with zero attached hydrogens (tertiary/aromatic N) is 3. The van der Waals surface area contributed by atoms with Gasteiger partial charge in [-0.1, -0.05) is 23.1 Å². The lowest BCUT2D eigenvalue weighted by Gasteiger charge is -2.18. The third-order valence-electron chi connectivity index (χ3n) is 3.56. The molecule has 0 spiro atoms. The number of amides is 1. The Morgan fingerprint density at radius 3 is 2.52 bits per heavy atom. The topological polar surface area (TPSA) is 128 Å². The maximum atomic E-state index is 12.3. The summed E-state index contributed by atoms with van der Waals surface area (Å²) in [7, 11) is -0.615. The third kappa shape index (κ3) is 6.87. The van der Waals surface area contributed by atoms with Gasteiger partial charge in [0.05, 0.1) is 24.8 Å². The molecule has 1 aromatic heterocycles. The van der Waals surface area contributed by atoms with Crippen LogP contribution in [0.2, 0.25) is 0 Å². The first-order chi connectivity index (χ1) is 13.6. The highest BCUT2D eigenvalue weighted by Gasteiger charge is 2.18. The van der Waals surface area contributed by atoms with Crippen LogP contribution in [-0.4, -0.2) is 62.8 Å². The van der Waals surface area contributed by atoms with Crippen LogP contribution in [0.5, 0.6) is 5.75 Å². The summed E-state index contributed by atoms with van der Waals surface area (Å²) >= 11 is 2.29. The molecule has 2 rings (SSSR count). The van der Waals surface area contributed by atoms with E-state index < -0.39 is 22.0 Å². The Morgan fingerprint density at radius 1 is 1.28 bits per heavy atom. The van der Waals surface area contributed by atoms with Crippen molar-refractivity contribution in [1.29, 1.82) is 0 Å². The van der Waals surface area contributed by atoms with E-state index >= 15 is 0 Å². The number of hydrogen-bond donors (Lipinski definition) is 1. The van der Waals surface area contributed by atoms with Crippen molar-refractivity contribution in [2.75, 3.05) is 35.8 Å². The Kier molecular flexibility index (Phi) is 7.81. The molecule has 0 fully saturated rings. The summed E-state index contributed by atoms with van der Waals surface area (Å²) in [5.74, 6) is -0.303. The minimum absolute atomic E-state index is 0.100. The van der Waals surface area contributed by atoms with Crippen LogP contribution >= 0.6 is 23.1 Å².